The molecule has 2 aromatic rings. The van der Waals surface area contributed by atoms with Gasteiger partial charge in [0.25, 0.3) is 0 Å². The molecule has 0 amide bonds. The molecule has 0 fully saturated rings. The van der Waals surface area contributed by atoms with Crippen LogP contribution < -0.4 is 4.72 Å². The summed E-state index contributed by atoms with van der Waals surface area (Å²) >= 11 is 1.57. The van der Waals surface area contributed by atoms with Crippen molar-refractivity contribution in [3.63, 3.8) is 0 Å². The number of aryl methyl sites for hydroxylation is 1. The van der Waals surface area contributed by atoms with Gasteiger partial charge in [0.15, 0.2) is 0 Å². The Morgan fingerprint density at radius 3 is 2.62 bits per heavy atom. The van der Waals surface area contributed by atoms with E-state index in [1.54, 1.807) is 18.4 Å². The molecule has 1 unspecified atom stereocenters. The lowest BCUT2D eigenvalue weighted by Crippen LogP contribution is -2.31. The number of rotatable bonds is 8. The second-order valence-corrected chi connectivity index (χ2v) is 7.39. The van der Waals surface area contributed by atoms with E-state index in [1.807, 2.05) is 47.2 Å². The summed E-state index contributed by atoms with van der Waals surface area (Å²) in [7, 11) is -1.72. The van der Waals surface area contributed by atoms with Gasteiger partial charge in [0.1, 0.15) is 0 Å². The Morgan fingerprint density at radius 1 is 1.24 bits per heavy atom. The van der Waals surface area contributed by atoms with E-state index in [-0.39, 0.29) is 18.4 Å². The van der Waals surface area contributed by atoms with Crippen LogP contribution in [0.4, 0.5) is 0 Å². The first-order valence-electron chi connectivity index (χ1n) is 6.67. The molecule has 4 nitrogen and oxygen atoms in total. The topological polar surface area (TPSA) is 55.4 Å². The number of methoxy groups -OCH3 is 1. The lowest BCUT2D eigenvalue weighted by atomic mass is 10.2. The van der Waals surface area contributed by atoms with Gasteiger partial charge in [-0.2, -0.15) is 11.3 Å². The van der Waals surface area contributed by atoms with Crippen LogP contribution in [0.3, 0.4) is 0 Å². The van der Waals surface area contributed by atoms with Crippen LogP contribution in [0.15, 0.2) is 47.2 Å². The minimum atomic E-state index is -3.30. The first-order chi connectivity index (χ1) is 10.1. The highest BCUT2D eigenvalue weighted by molar-refractivity contribution is 7.89. The van der Waals surface area contributed by atoms with Crippen molar-refractivity contribution >= 4 is 21.4 Å². The third kappa shape index (κ3) is 5.24. The minimum absolute atomic E-state index is 0.0804. The molecule has 0 spiro atoms. The maximum Gasteiger partial charge on any atom is 0.212 e. The monoisotopic (exact) mass is 325 g/mol. The molecule has 1 atom stereocenters. The van der Waals surface area contributed by atoms with Gasteiger partial charge in [0, 0.05) is 13.7 Å². The highest BCUT2D eigenvalue weighted by atomic mass is 32.2. The van der Waals surface area contributed by atoms with E-state index in [2.05, 4.69) is 4.72 Å². The molecule has 21 heavy (non-hydrogen) atoms. The Kier molecular flexibility index (Phi) is 5.93. The fraction of sp³-hybridized carbons (Fsp3) is 0.333. The molecule has 1 aromatic carbocycles. The molecule has 0 radical (unpaired) electrons. The molecule has 114 valence electrons. The normalized spacial score (nSPS) is 13.2. The standard InChI is InChI=1S/C15H19NO3S2/c1-19-15(14-7-9-20-12-14)11-16-21(17,18)10-8-13-5-3-2-4-6-13/h2-7,9,12,15-16H,8,10-11H2,1H3. The predicted molar refractivity (Wildman–Crippen MR) is 86.0 cm³/mol. The number of sulfonamides is 1. The summed E-state index contributed by atoms with van der Waals surface area (Å²) in [4.78, 5) is 0. The zero-order valence-corrected chi connectivity index (χ0v) is 13.5. The number of hydrogen-bond acceptors (Lipinski definition) is 4. The van der Waals surface area contributed by atoms with Crippen LogP contribution in [-0.4, -0.2) is 27.8 Å². The fourth-order valence-electron chi connectivity index (χ4n) is 1.97. The highest BCUT2D eigenvalue weighted by Crippen LogP contribution is 2.18. The van der Waals surface area contributed by atoms with Crippen LogP contribution >= 0.6 is 11.3 Å². The highest BCUT2D eigenvalue weighted by Gasteiger charge is 2.16. The number of ether oxygens (including phenoxy) is 1. The van der Waals surface area contributed by atoms with Crippen molar-refractivity contribution in [2.75, 3.05) is 19.4 Å². The second kappa shape index (κ2) is 7.70. The quantitative estimate of drug-likeness (QED) is 0.811. The van der Waals surface area contributed by atoms with Gasteiger partial charge in [-0.25, -0.2) is 13.1 Å². The summed E-state index contributed by atoms with van der Waals surface area (Å²) in [6, 6.07) is 11.5. The second-order valence-electron chi connectivity index (χ2n) is 4.68. The maximum atomic E-state index is 12.0. The van der Waals surface area contributed by atoms with E-state index in [9.17, 15) is 8.42 Å². The molecular formula is C15H19NO3S2. The summed E-state index contributed by atoms with van der Waals surface area (Å²) in [5, 5.41) is 3.91. The summed E-state index contributed by atoms with van der Waals surface area (Å²) in [6.07, 6.45) is 0.259. The molecule has 6 heteroatoms. The number of nitrogens with one attached hydrogen (secondary N) is 1. The molecule has 0 saturated heterocycles. The Morgan fingerprint density at radius 2 is 2.00 bits per heavy atom. The summed E-state index contributed by atoms with van der Waals surface area (Å²) in [5.41, 5.74) is 2.01. The SMILES string of the molecule is COC(CNS(=O)(=O)CCc1ccccc1)c1ccsc1. The molecule has 0 aliphatic heterocycles. The van der Waals surface area contributed by atoms with E-state index in [0.717, 1.165) is 11.1 Å². The fourth-order valence-corrected chi connectivity index (χ4v) is 3.72. The Hall–Kier alpha value is -1.21. The van der Waals surface area contributed by atoms with Crippen LogP contribution in [0.1, 0.15) is 17.2 Å². The third-order valence-electron chi connectivity index (χ3n) is 3.19. The van der Waals surface area contributed by atoms with E-state index in [4.69, 9.17) is 4.74 Å². The van der Waals surface area contributed by atoms with Crippen LogP contribution in [0, 0.1) is 0 Å². The average molecular weight is 325 g/mol. The summed E-state index contributed by atoms with van der Waals surface area (Å²) < 4.78 is 32.0. The molecule has 0 aliphatic carbocycles. The lowest BCUT2D eigenvalue weighted by Gasteiger charge is -2.15. The summed E-state index contributed by atoms with van der Waals surface area (Å²) in [5.74, 6) is 0.0804. The van der Waals surface area contributed by atoms with Gasteiger partial charge in [0.2, 0.25) is 10.0 Å². The molecule has 0 saturated carbocycles. The van der Waals surface area contributed by atoms with Crippen LogP contribution in [-0.2, 0) is 21.2 Å². The van der Waals surface area contributed by atoms with E-state index >= 15 is 0 Å². The maximum absolute atomic E-state index is 12.0. The third-order valence-corrected chi connectivity index (χ3v) is 5.24. The van der Waals surface area contributed by atoms with E-state index in [1.165, 1.54) is 0 Å². The molecular weight excluding hydrogens is 306 g/mol. The average Bonchev–Trinajstić information content (AvgIpc) is 3.01. The van der Waals surface area contributed by atoms with Gasteiger partial charge in [-0.05, 0) is 34.4 Å². The molecule has 1 N–H and O–H groups in total. The molecule has 0 aliphatic rings. The molecule has 1 heterocycles. The number of hydrogen-bond donors (Lipinski definition) is 1. The van der Waals surface area contributed by atoms with E-state index in [0.29, 0.717) is 6.42 Å². The van der Waals surface area contributed by atoms with Gasteiger partial charge >= 0.3 is 0 Å². The Balaban J connectivity index is 1.86. The van der Waals surface area contributed by atoms with Crippen molar-refractivity contribution in [3.8, 4) is 0 Å². The summed E-state index contributed by atoms with van der Waals surface area (Å²) in [6.45, 7) is 0.254. The number of benzene rings is 1. The van der Waals surface area contributed by atoms with Gasteiger partial charge in [-0.15, -0.1) is 0 Å². The van der Waals surface area contributed by atoms with Crippen molar-refractivity contribution in [3.05, 3.63) is 58.3 Å². The minimum Gasteiger partial charge on any atom is -0.375 e. The van der Waals surface area contributed by atoms with Crippen LogP contribution in [0.25, 0.3) is 0 Å². The first kappa shape index (κ1) is 16.2. The van der Waals surface area contributed by atoms with Crippen LogP contribution in [0.5, 0.6) is 0 Å². The zero-order valence-electron chi connectivity index (χ0n) is 11.9. The largest absolute Gasteiger partial charge is 0.375 e. The molecule has 2 rings (SSSR count). The molecule has 0 bridgehead atoms. The van der Waals surface area contributed by atoms with Gasteiger partial charge in [0.05, 0.1) is 11.9 Å². The van der Waals surface area contributed by atoms with Gasteiger partial charge in [-0.1, -0.05) is 30.3 Å². The van der Waals surface area contributed by atoms with Gasteiger partial charge in [-0.3, -0.25) is 0 Å². The first-order valence-corrected chi connectivity index (χ1v) is 9.26. The predicted octanol–water partition coefficient (Wildman–Crippen LogP) is 2.60. The zero-order chi connectivity index (χ0) is 15.1. The lowest BCUT2D eigenvalue weighted by molar-refractivity contribution is 0.107. The smallest absolute Gasteiger partial charge is 0.212 e. The van der Waals surface area contributed by atoms with Crippen molar-refractivity contribution in [1.82, 2.24) is 4.72 Å². The van der Waals surface area contributed by atoms with Gasteiger partial charge < -0.3 is 4.74 Å². The van der Waals surface area contributed by atoms with Crippen molar-refractivity contribution in [2.45, 2.75) is 12.5 Å². The van der Waals surface area contributed by atoms with Crippen molar-refractivity contribution in [1.29, 1.82) is 0 Å². The Bertz CT molecular complexity index is 624. The Labute approximate surface area is 129 Å². The molecule has 1 aromatic heterocycles. The van der Waals surface area contributed by atoms with Crippen molar-refractivity contribution < 1.29 is 13.2 Å². The van der Waals surface area contributed by atoms with Crippen molar-refractivity contribution in [2.24, 2.45) is 0 Å². The van der Waals surface area contributed by atoms with E-state index < -0.39 is 10.0 Å². The van der Waals surface area contributed by atoms with Crippen LogP contribution in [0.2, 0.25) is 0 Å². The number of thiophene rings is 1.